The number of phenolic OH excluding ortho intramolecular Hbond substituents is 1. The van der Waals surface area contributed by atoms with Gasteiger partial charge in [-0.1, -0.05) is 12.1 Å². The molecule has 1 heterocycles. The highest BCUT2D eigenvalue weighted by atomic mass is 16.6. The Labute approximate surface area is 191 Å². The van der Waals surface area contributed by atoms with Gasteiger partial charge in [0.2, 0.25) is 11.8 Å². The number of aryl methyl sites for hydroxylation is 1. The lowest BCUT2D eigenvalue weighted by Gasteiger charge is -2.35. The maximum absolute atomic E-state index is 12.5. The quantitative estimate of drug-likeness (QED) is 0.453. The smallest absolute Gasteiger partial charge is 0.269 e. The predicted octanol–water partition coefficient (Wildman–Crippen LogP) is 2.52. The number of rotatable bonds is 9. The van der Waals surface area contributed by atoms with Crippen molar-refractivity contribution < 1.29 is 29.1 Å². The van der Waals surface area contributed by atoms with Gasteiger partial charge in [-0.05, 0) is 30.7 Å². The molecule has 3 rings (SSSR count). The highest BCUT2D eigenvalue weighted by Gasteiger charge is 2.24. The van der Waals surface area contributed by atoms with Gasteiger partial charge in [-0.2, -0.15) is 0 Å². The van der Waals surface area contributed by atoms with Gasteiger partial charge in [0, 0.05) is 38.3 Å². The summed E-state index contributed by atoms with van der Waals surface area (Å²) < 4.78 is 11.1. The minimum atomic E-state index is -0.466. The Hall–Kier alpha value is -3.82. The molecule has 2 aromatic carbocycles. The van der Waals surface area contributed by atoms with Gasteiger partial charge in [0.15, 0.2) is 11.5 Å². The fourth-order valence-electron chi connectivity index (χ4n) is 3.51. The van der Waals surface area contributed by atoms with Gasteiger partial charge in [0.05, 0.1) is 31.0 Å². The van der Waals surface area contributed by atoms with Crippen LogP contribution in [0.1, 0.15) is 18.4 Å². The SMILES string of the molecule is Cc1cc([N+](=O)[O-])ccc1OCCC(=O)N1CCN(C(=O)CCOc2ccccc2O)CC1. The molecule has 10 heteroatoms. The normalized spacial score (nSPS) is 13.5. The molecule has 10 nitrogen and oxygen atoms in total. The Morgan fingerprint density at radius 1 is 0.939 bits per heavy atom. The molecule has 0 unspecified atom stereocenters. The van der Waals surface area contributed by atoms with Crippen LogP contribution in [0.5, 0.6) is 17.2 Å². The first-order valence-corrected chi connectivity index (χ1v) is 10.7. The van der Waals surface area contributed by atoms with Crippen LogP contribution in [-0.4, -0.2) is 71.0 Å². The van der Waals surface area contributed by atoms with Gasteiger partial charge in [-0.15, -0.1) is 0 Å². The minimum Gasteiger partial charge on any atom is -0.504 e. The molecule has 33 heavy (non-hydrogen) atoms. The number of carbonyl (C=O) groups is 2. The maximum atomic E-state index is 12.5. The van der Waals surface area contributed by atoms with Crippen LogP contribution in [0.25, 0.3) is 0 Å². The highest BCUT2D eigenvalue weighted by molar-refractivity contribution is 5.78. The number of hydrogen-bond donors (Lipinski definition) is 1. The van der Waals surface area contributed by atoms with E-state index < -0.39 is 4.92 Å². The number of non-ortho nitro benzene ring substituents is 1. The van der Waals surface area contributed by atoms with E-state index in [1.807, 2.05) is 0 Å². The van der Waals surface area contributed by atoms with Crippen molar-refractivity contribution >= 4 is 17.5 Å². The zero-order chi connectivity index (χ0) is 23.8. The van der Waals surface area contributed by atoms with Crippen LogP contribution in [0.2, 0.25) is 0 Å². The maximum Gasteiger partial charge on any atom is 0.269 e. The summed E-state index contributed by atoms with van der Waals surface area (Å²) >= 11 is 0. The van der Waals surface area contributed by atoms with Crippen LogP contribution in [0.15, 0.2) is 42.5 Å². The number of benzene rings is 2. The van der Waals surface area contributed by atoms with E-state index >= 15 is 0 Å². The number of ether oxygens (including phenoxy) is 2. The van der Waals surface area contributed by atoms with E-state index in [-0.39, 0.29) is 49.3 Å². The first-order chi connectivity index (χ1) is 15.8. The zero-order valence-corrected chi connectivity index (χ0v) is 18.4. The molecule has 1 N–H and O–H groups in total. The van der Waals surface area contributed by atoms with Crippen molar-refractivity contribution in [1.29, 1.82) is 0 Å². The van der Waals surface area contributed by atoms with Gasteiger partial charge in [0.25, 0.3) is 5.69 Å². The van der Waals surface area contributed by atoms with E-state index in [0.717, 1.165) is 0 Å². The first kappa shape index (κ1) is 23.8. The molecular weight excluding hydrogens is 430 g/mol. The van der Waals surface area contributed by atoms with Crippen LogP contribution >= 0.6 is 0 Å². The van der Waals surface area contributed by atoms with E-state index in [1.165, 1.54) is 24.3 Å². The number of aromatic hydroxyl groups is 1. The van der Waals surface area contributed by atoms with Crippen molar-refractivity contribution in [1.82, 2.24) is 9.80 Å². The molecule has 0 aliphatic carbocycles. The molecule has 0 saturated carbocycles. The Balaban J connectivity index is 1.36. The van der Waals surface area contributed by atoms with Gasteiger partial charge in [-0.3, -0.25) is 19.7 Å². The van der Waals surface area contributed by atoms with Crippen molar-refractivity contribution in [2.75, 3.05) is 39.4 Å². The molecule has 1 saturated heterocycles. The van der Waals surface area contributed by atoms with Crippen LogP contribution in [0.4, 0.5) is 5.69 Å². The number of piperazine rings is 1. The van der Waals surface area contributed by atoms with Crippen molar-refractivity contribution in [2.45, 2.75) is 19.8 Å². The summed E-state index contributed by atoms with van der Waals surface area (Å²) in [7, 11) is 0. The number of nitro benzene ring substituents is 1. The van der Waals surface area contributed by atoms with E-state index in [4.69, 9.17) is 9.47 Å². The molecule has 2 aromatic rings. The monoisotopic (exact) mass is 457 g/mol. The summed E-state index contributed by atoms with van der Waals surface area (Å²) in [6.07, 6.45) is 0.365. The lowest BCUT2D eigenvalue weighted by molar-refractivity contribution is -0.384. The van der Waals surface area contributed by atoms with Crippen LogP contribution in [-0.2, 0) is 9.59 Å². The lowest BCUT2D eigenvalue weighted by Crippen LogP contribution is -2.51. The summed E-state index contributed by atoms with van der Waals surface area (Å²) in [4.78, 5) is 38.6. The number of nitrogens with zero attached hydrogens (tertiary/aromatic N) is 3. The molecule has 1 fully saturated rings. The number of para-hydroxylation sites is 2. The molecule has 1 aliphatic heterocycles. The van der Waals surface area contributed by atoms with Gasteiger partial charge in [0.1, 0.15) is 5.75 Å². The van der Waals surface area contributed by atoms with E-state index in [9.17, 15) is 24.8 Å². The fraction of sp³-hybridized carbons (Fsp3) is 0.391. The fourth-order valence-corrected chi connectivity index (χ4v) is 3.51. The Morgan fingerprint density at radius 3 is 2.00 bits per heavy atom. The van der Waals surface area contributed by atoms with Crippen molar-refractivity contribution in [2.24, 2.45) is 0 Å². The second-order valence-corrected chi connectivity index (χ2v) is 7.63. The van der Waals surface area contributed by atoms with Crippen molar-refractivity contribution in [3.05, 3.63) is 58.1 Å². The summed E-state index contributed by atoms with van der Waals surface area (Å²) in [5.41, 5.74) is 0.628. The standard InChI is InChI=1S/C23H27N3O7/c1-17-16-18(26(30)31)6-7-20(17)32-14-8-22(28)24-10-12-25(13-11-24)23(29)9-15-33-21-5-3-2-4-19(21)27/h2-7,16,27H,8-15H2,1H3. The van der Waals surface area contributed by atoms with E-state index in [2.05, 4.69) is 0 Å². The number of amides is 2. The third-order valence-corrected chi connectivity index (χ3v) is 5.37. The zero-order valence-electron chi connectivity index (χ0n) is 18.4. The number of nitro groups is 1. The molecule has 1 aliphatic rings. The van der Waals surface area contributed by atoms with Crippen LogP contribution in [0, 0.1) is 17.0 Å². The number of phenols is 1. The lowest BCUT2D eigenvalue weighted by atomic mass is 10.2. The Bertz CT molecular complexity index is 1000. The number of carbonyl (C=O) groups excluding carboxylic acids is 2. The average Bonchev–Trinajstić information content (AvgIpc) is 2.81. The average molecular weight is 457 g/mol. The van der Waals surface area contributed by atoms with Gasteiger partial charge < -0.3 is 24.4 Å². The molecule has 0 bridgehead atoms. The third-order valence-electron chi connectivity index (χ3n) is 5.37. The molecule has 0 radical (unpaired) electrons. The number of hydrogen-bond acceptors (Lipinski definition) is 7. The minimum absolute atomic E-state index is 0.00637. The summed E-state index contributed by atoms with van der Waals surface area (Å²) in [5.74, 6) is 0.755. The molecule has 0 atom stereocenters. The molecule has 0 spiro atoms. The van der Waals surface area contributed by atoms with E-state index in [0.29, 0.717) is 43.2 Å². The topological polar surface area (TPSA) is 122 Å². The molecule has 2 amide bonds. The molecule has 176 valence electrons. The van der Waals surface area contributed by atoms with Crippen LogP contribution in [0.3, 0.4) is 0 Å². The largest absolute Gasteiger partial charge is 0.504 e. The second-order valence-electron chi connectivity index (χ2n) is 7.63. The summed E-state index contributed by atoms with van der Waals surface area (Å²) in [5, 5.41) is 20.5. The Kier molecular flexibility index (Phi) is 8.06. The summed E-state index contributed by atoms with van der Waals surface area (Å²) in [6, 6.07) is 10.9. The molecule has 0 aromatic heterocycles. The van der Waals surface area contributed by atoms with Gasteiger partial charge >= 0.3 is 0 Å². The van der Waals surface area contributed by atoms with Crippen LogP contribution < -0.4 is 9.47 Å². The highest BCUT2D eigenvalue weighted by Crippen LogP contribution is 2.25. The van der Waals surface area contributed by atoms with E-state index in [1.54, 1.807) is 34.9 Å². The van der Waals surface area contributed by atoms with Crippen molar-refractivity contribution in [3.63, 3.8) is 0 Å². The third kappa shape index (κ3) is 6.58. The molecular formula is C23H27N3O7. The Morgan fingerprint density at radius 2 is 1.48 bits per heavy atom. The van der Waals surface area contributed by atoms with Crippen molar-refractivity contribution in [3.8, 4) is 17.2 Å². The summed E-state index contributed by atoms with van der Waals surface area (Å²) in [6.45, 7) is 3.83. The second kappa shape index (κ2) is 11.2. The predicted molar refractivity (Wildman–Crippen MR) is 119 cm³/mol. The first-order valence-electron chi connectivity index (χ1n) is 10.7. The van der Waals surface area contributed by atoms with Gasteiger partial charge in [-0.25, -0.2) is 0 Å².